The highest BCUT2D eigenvalue weighted by Crippen LogP contribution is 2.41. The summed E-state index contributed by atoms with van der Waals surface area (Å²) in [5, 5.41) is 24.7. The molecule has 8 heteroatoms. The van der Waals surface area contributed by atoms with E-state index in [4.69, 9.17) is 11.6 Å². The first kappa shape index (κ1) is 18.9. The van der Waals surface area contributed by atoms with Crippen LogP contribution < -0.4 is 10.6 Å². The van der Waals surface area contributed by atoms with Gasteiger partial charge in [-0.3, -0.25) is 9.59 Å². The van der Waals surface area contributed by atoms with Gasteiger partial charge in [0, 0.05) is 16.1 Å². The lowest BCUT2D eigenvalue weighted by Crippen LogP contribution is -2.44. The molecule has 1 atom stereocenters. The second kappa shape index (κ2) is 7.60. The number of anilines is 1. The first-order chi connectivity index (χ1) is 11.8. The van der Waals surface area contributed by atoms with E-state index in [1.54, 1.807) is 38.1 Å². The van der Waals surface area contributed by atoms with E-state index in [2.05, 4.69) is 16.7 Å². The normalized spacial score (nSPS) is 18.8. The Bertz CT molecular complexity index is 836. The van der Waals surface area contributed by atoms with Crippen LogP contribution >= 0.6 is 23.4 Å². The van der Waals surface area contributed by atoms with Crippen LogP contribution in [0.2, 0.25) is 5.02 Å². The average molecular weight is 375 g/mol. The molecule has 0 aromatic heterocycles. The summed E-state index contributed by atoms with van der Waals surface area (Å²) in [5.74, 6) is -1.72. The molecule has 2 amide bonds. The van der Waals surface area contributed by atoms with Gasteiger partial charge >= 0.3 is 0 Å². The van der Waals surface area contributed by atoms with Gasteiger partial charge in [-0.2, -0.15) is 10.5 Å². The number of thioether (sulfide) groups is 1. The van der Waals surface area contributed by atoms with Crippen LogP contribution in [-0.2, 0) is 9.59 Å². The Labute approximate surface area is 154 Å². The minimum Gasteiger partial charge on any atom is -0.325 e. The number of hydrogen-bond donors (Lipinski definition) is 2. The van der Waals surface area contributed by atoms with Crippen LogP contribution in [0.1, 0.15) is 13.8 Å². The number of nitrogens with zero attached hydrogens (tertiary/aromatic N) is 2. The third kappa shape index (κ3) is 4.14. The summed E-state index contributed by atoms with van der Waals surface area (Å²) in [6, 6.07) is 10.7. The molecule has 1 aliphatic rings. The topological polar surface area (TPSA) is 106 Å². The molecular weight excluding hydrogens is 360 g/mol. The monoisotopic (exact) mass is 374 g/mol. The minimum absolute atomic E-state index is 0.000602. The first-order valence-electron chi connectivity index (χ1n) is 7.33. The number of hydrogen-bond acceptors (Lipinski definition) is 5. The highest BCUT2D eigenvalue weighted by molar-refractivity contribution is 8.03. The molecule has 1 aliphatic heterocycles. The maximum absolute atomic E-state index is 12.1. The Morgan fingerprint density at radius 1 is 1.44 bits per heavy atom. The maximum Gasteiger partial charge on any atom is 0.243 e. The van der Waals surface area contributed by atoms with Crippen molar-refractivity contribution in [2.75, 3.05) is 11.1 Å². The molecule has 6 nitrogen and oxygen atoms in total. The van der Waals surface area contributed by atoms with Gasteiger partial charge in [0.15, 0.2) is 0 Å². The van der Waals surface area contributed by atoms with E-state index >= 15 is 0 Å². The highest BCUT2D eigenvalue weighted by Gasteiger charge is 2.44. The second-order valence-electron chi connectivity index (χ2n) is 5.94. The molecule has 2 N–H and O–H groups in total. The Balaban J connectivity index is 2.12. The van der Waals surface area contributed by atoms with E-state index in [-0.39, 0.29) is 11.7 Å². The van der Waals surface area contributed by atoms with E-state index in [1.165, 1.54) is 0 Å². The molecular formula is C17H15ClN4O2S. The number of carbonyl (C=O) groups excluding carboxylic acids is 2. The summed E-state index contributed by atoms with van der Waals surface area (Å²) >= 11 is 6.92. The SMILES string of the molecule is CC1(C)C(C#N)=C(SCC(=O)Nc2cccc(Cl)c2)NC(=O)[C@@H]1C#N. The van der Waals surface area contributed by atoms with Crippen molar-refractivity contribution in [1.82, 2.24) is 5.32 Å². The van der Waals surface area contributed by atoms with E-state index in [0.717, 1.165) is 11.8 Å². The maximum atomic E-state index is 12.1. The average Bonchev–Trinajstić information content (AvgIpc) is 2.52. The van der Waals surface area contributed by atoms with Crippen LogP contribution in [0.5, 0.6) is 0 Å². The highest BCUT2D eigenvalue weighted by atomic mass is 35.5. The van der Waals surface area contributed by atoms with Crippen molar-refractivity contribution in [3.05, 3.63) is 39.9 Å². The Hall–Kier alpha value is -2.48. The number of rotatable bonds is 4. The van der Waals surface area contributed by atoms with Crippen molar-refractivity contribution in [2.45, 2.75) is 13.8 Å². The number of benzene rings is 1. The van der Waals surface area contributed by atoms with Crippen molar-refractivity contribution in [1.29, 1.82) is 10.5 Å². The van der Waals surface area contributed by atoms with Crippen molar-refractivity contribution >= 4 is 40.9 Å². The molecule has 1 heterocycles. The lowest BCUT2D eigenvalue weighted by molar-refractivity contribution is -0.125. The van der Waals surface area contributed by atoms with Crippen LogP contribution in [0, 0.1) is 34.0 Å². The quantitative estimate of drug-likeness (QED) is 0.842. The molecule has 1 aromatic rings. The number of halogens is 1. The second-order valence-corrected chi connectivity index (χ2v) is 7.36. The molecule has 2 rings (SSSR count). The van der Waals surface area contributed by atoms with Crippen LogP contribution in [0.4, 0.5) is 5.69 Å². The predicted molar refractivity (Wildman–Crippen MR) is 96.2 cm³/mol. The largest absolute Gasteiger partial charge is 0.325 e. The summed E-state index contributed by atoms with van der Waals surface area (Å²) in [6.07, 6.45) is 0. The van der Waals surface area contributed by atoms with Crippen molar-refractivity contribution in [2.24, 2.45) is 11.3 Å². The Kier molecular flexibility index (Phi) is 5.73. The molecule has 0 saturated heterocycles. The van der Waals surface area contributed by atoms with Crippen molar-refractivity contribution < 1.29 is 9.59 Å². The van der Waals surface area contributed by atoms with Gasteiger partial charge in [-0.1, -0.05) is 43.3 Å². The summed E-state index contributed by atoms with van der Waals surface area (Å²) in [7, 11) is 0. The zero-order valence-corrected chi connectivity index (χ0v) is 15.2. The van der Waals surface area contributed by atoms with Crippen molar-refractivity contribution in [3.8, 4) is 12.1 Å². The number of carbonyl (C=O) groups is 2. The molecule has 0 spiro atoms. The smallest absolute Gasteiger partial charge is 0.243 e. The van der Waals surface area contributed by atoms with Crippen molar-refractivity contribution in [3.63, 3.8) is 0 Å². The minimum atomic E-state index is -0.952. The van der Waals surface area contributed by atoms with Gasteiger partial charge in [0.25, 0.3) is 0 Å². The molecule has 0 saturated carbocycles. The number of nitrogens with one attached hydrogen (secondary N) is 2. The lowest BCUT2D eigenvalue weighted by Gasteiger charge is -2.34. The van der Waals surface area contributed by atoms with E-state index < -0.39 is 17.2 Å². The van der Waals surface area contributed by atoms with Crippen LogP contribution in [0.15, 0.2) is 34.9 Å². The number of allylic oxidation sites excluding steroid dienone is 1. The molecule has 0 aliphatic carbocycles. The van der Waals surface area contributed by atoms with Crippen LogP contribution in [0.3, 0.4) is 0 Å². The van der Waals surface area contributed by atoms with Gasteiger partial charge in [0.1, 0.15) is 5.92 Å². The van der Waals surface area contributed by atoms with E-state index in [0.29, 0.717) is 21.3 Å². The third-order valence-corrected chi connectivity index (χ3v) is 5.03. The first-order valence-corrected chi connectivity index (χ1v) is 8.69. The van der Waals surface area contributed by atoms with Gasteiger partial charge in [0.05, 0.1) is 28.5 Å². The van der Waals surface area contributed by atoms with Gasteiger partial charge in [0.2, 0.25) is 11.8 Å². The van der Waals surface area contributed by atoms with Crippen LogP contribution in [-0.4, -0.2) is 17.6 Å². The molecule has 0 radical (unpaired) electrons. The van der Waals surface area contributed by atoms with E-state index in [9.17, 15) is 20.1 Å². The zero-order chi connectivity index (χ0) is 18.6. The summed E-state index contributed by atoms with van der Waals surface area (Å²) in [6.45, 7) is 3.34. The summed E-state index contributed by atoms with van der Waals surface area (Å²) in [5.41, 5.74) is -0.0678. The van der Waals surface area contributed by atoms with E-state index in [1.807, 2.05) is 6.07 Å². The molecule has 25 heavy (non-hydrogen) atoms. The molecule has 0 bridgehead atoms. The Morgan fingerprint density at radius 3 is 2.76 bits per heavy atom. The lowest BCUT2D eigenvalue weighted by atomic mass is 9.72. The molecule has 0 fully saturated rings. The fourth-order valence-corrected chi connectivity index (χ4v) is 3.60. The van der Waals surface area contributed by atoms with Gasteiger partial charge in [-0.05, 0) is 18.2 Å². The third-order valence-electron chi connectivity index (χ3n) is 3.79. The predicted octanol–water partition coefficient (Wildman–Crippen LogP) is 3.04. The molecule has 0 unspecified atom stereocenters. The number of nitriles is 2. The Morgan fingerprint density at radius 2 is 2.16 bits per heavy atom. The fourth-order valence-electron chi connectivity index (χ4n) is 2.44. The van der Waals surface area contributed by atoms with Gasteiger partial charge in [-0.15, -0.1) is 0 Å². The zero-order valence-electron chi connectivity index (χ0n) is 13.6. The molecule has 128 valence electrons. The molecule has 1 aromatic carbocycles. The standard InChI is InChI=1S/C17H15ClN4O2S/c1-17(2)12(7-19)15(24)22-16(13(17)8-20)25-9-14(23)21-11-5-3-4-10(18)6-11/h3-6,12H,9H2,1-2H3,(H,21,23)(H,22,24)/t12-/m0/s1. The number of amides is 2. The summed E-state index contributed by atoms with van der Waals surface area (Å²) in [4.78, 5) is 24.2. The fraction of sp³-hybridized carbons (Fsp3) is 0.294. The van der Waals surface area contributed by atoms with Gasteiger partial charge in [-0.25, -0.2) is 0 Å². The van der Waals surface area contributed by atoms with Crippen LogP contribution in [0.25, 0.3) is 0 Å². The van der Waals surface area contributed by atoms with Gasteiger partial charge < -0.3 is 10.6 Å². The summed E-state index contributed by atoms with van der Waals surface area (Å²) < 4.78 is 0.